The average molecular weight is 472 g/mol. The fourth-order valence-electron chi connectivity index (χ4n) is 5.68. The lowest BCUT2D eigenvalue weighted by molar-refractivity contribution is -0.144. The highest BCUT2D eigenvalue weighted by molar-refractivity contribution is 5.95. The summed E-state index contributed by atoms with van der Waals surface area (Å²) in [7, 11) is 0. The minimum Gasteiger partial charge on any atom is -0.480 e. The van der Waals surface area contributed by atoms with Crippen LogP contribution in [0.4, 0.5) is 5.69 Å². The number of nitrogens with two attached hydrogens (primary N) is 1. The first kappa shape index (κ1) is 23.3. The molecule has 4 N–H and O–H groups in total. The predicted octanol–water partition coefficient (Wildman–Crippen LogP) is 3.54. The number of aliphatic carboxylic acids is 1. The van der Waals surface area contributed by atoms with E-state index in [2.05, 4.69) is 14.7 Å². The number of carbonyl (C=O) groups is 1. The summed E-state index contributed by atoms with van der Waals surface area (Å²) >= 11 is 0. The number of fused-ring (bicyclic) bond motifs is 1. The summed E-state index contributed by atoms with van der Waals surface area (Å²) in [6.07, 6.45) is 1.98. The molecule has 35 heavy (non-hydrogen) atoms. The van der Waals surface area contributed by atoms with Crippen LogP contribution in [-0.2, 0) is 4.79 Å². The van der Waals surface area contributed by atoms with E-state index < -0.39 is 12.0 Å². The third-order valence-corrected chi connectivity index (χ3v) is 7.59. The number of likely N-dealkylation sites (tertiary alicyclic amines) is 1. The smallest absolute Gasteiger partial charge is 0.325 e. The molecule has 2 saturated heterocycles. The quantitative estimate of drug-likeness (QED) is 0.376. The van der Waals surface area contributed by atoms with Crippen LogP contribution in [0.25, 0.3) is 10.8 Å². The Hall–Kier alpha value is -3.42. The van der Waals surface area contributed by atoms with E-state index in [1.165, 1.54) is 5.69 Å². The number of nitrogen functional groups attached to an aromatic ring is 1. The molecular formula is C28H33N5O2. The second-order valence-electron chi connectivity index (χ2n) is 9.56. The van der Waals surface area contributed by atoms with Gasteiger partial charge in [-0.25, -0.2) is 0 Å². The fraction of sp³-hybridized carbons (Fsp3) is 0.357. The Labute approximate surface area is 206 Å². The van der Waals surface area contributed by atoms with Gasteiger partial charge in [-0.15, -0.1) is 0 Å². The Balaban J connectivity index is 1.20. The van der Waals surface area contributed by atoms with Gasteiger partial charge in [0.15, 0.2) is 0 Å². The first-order valence-corrected chi connectivity index (χ1v) is 12.4. The van der Waals surface area contributed by atoms with Crippen LogP contribution >= 0.6 is 0 Å². The molecule has 0 aliphatic carbocycles. The van der Waals surface area contributed by atoms with E-state index in [0.717, 1.165) is 74.0 Å². The zero-order valence-corrected chi connectivity index (χ0v) is 19.9. The standard InChI is InChI=1S/C28H33N5O2/c29-27(30)21-8-10-22(11-9-21)31-16-18-32(19-17-31)23-12-14-33(15-13-23)26(28(34)35)25-7-3-5-20-4-1-2-6-24(20)25/h1-11,23,26H,12-19H2,(H3,29,30)(H,34,35). The Bertz CT molecular complexity index is 1190. The number of anilines is 1. The summed E-state index contributed by atoms with van der Waals surface area (Å²) in [4.78, 5) is 19.5. The minimum absolute atomic E-state index is 0.0956. The summed E-state index contributed by atoms with van der Waals surface area (Å²) in [5.74, 6) is -0.678. The maximum absolute atomic E-state index is 12.4. The number of piperidine rings is 1. The molecule has 0 spiro atoms. The van der Waals surface area contributed by atoms with Crippen LogP contribution < -0.4 is 10.6 Å². The molecule has 7 nitrogen and oxygen atoms in total. The molecular weight excluding hydrogens is 438 g/mol. The van der Waals surface area contributed by atoms with Gasteiger partial charge in [-0.05, 0) is 53.4 Å². The van der Waals surface area contributed by atoms with Gasteiger partial charge in [0.05, 0.1) is 0 Å². The maximum atomic E-state index is 12.4. The lowest BCUT2D eigenvalue weighted by atomic mass is 9.94. The van der Waals surface area contributed by atoms with Crippen LogP contribution in [0.15, 0.2) is 66.7 Å². The summed E-state index contributed by atoms with van der Waals surface area (Å²) in [6, 6.07) is 21.8. The number of piperazine rings is 1. The van der Waals surface area contributed by atoms with Crippen LogP contribution in [0.3, 0.4) is 0 Å². The first-order valence-electron chi connectivity index (χ1n) is 12.4. The Morgan fingerprint density at radius 3 is 2.20 bits per heavy atom. The van der Waals surface area contributed by atoms with E-state index in [4.69, 9.17) is 11.1 Å². The molecule has 7 heteroatoms. The molecule has 3 aromatic carbocycles. The summed E-state index contributed by atoms with van der Waals surface area (Å²) in [5, 5.41) is 19.8. The maximum Gasteiger partial charge on any atom is 0.325 e. The van der Waals surface area contributed by atoms with Crippen LogP contribution in [0, 0.1) is 5.41 Å². The summed E-state index contributed by atoms with van der Waals surface area (Å²) < 4.78 is 0. The van der Waals surface area contributed by atoms with E-state index in [-0.39, 0.29) is 5.84 Å². The van der Waals surface area contributed by atoms with Crippen molar-refractivity contribution in [2.24, 2.45) is 5.73 Å². The van der Waals surface area contributed by atoms with Crippen LogP contribution in [0.5, 0.6) is 0 Å². The van der Waals surface area contributed by atoms with Gasteiger partial charge in [-0.1, -0.05) is 42.5 Å². The fourth-order valence-corrected chi connectivity index (χ4v) is 5.68. The van der Waals surface area contributed by atoms with E-state index in [9.17, 15) is 9.90 Å². The SMILES string of the molecule is N=C(N)c1ccc(N2CCN(C3CCN(C(C(=O)O)c4cccc5ccccc45)CC3)CC2)cc1. The zero-order chi connectivity index (χ0) is 24.4. The van der Waals surface area contributed by atoms with Gasteiger partial charge in [-0.2, -0.15) is 0 Å². The number of carboxylic acid groups (broad SMARTS) is 1. The van der Waals surface area contributed by atoms with Crippen molar-refractivity contribution < 1.29 is 9.90 Å². The van der Waals surface area contributed by atoms with Crippen LogP contribution in [0.2, 0.25) is 0 Å². The van der Waals surface area contributed by atoms with E-state index in [0.29, 0.717) is 6.04 Å². The van der Waals surface area contributed by atoms with Gasteiger partial charge in [0.25, 0.3) is 0 Å². The number of nitrogens with zero attached hydrogens (tertiary/aromatic N) is 3. The number of carboxylic acids is 1. The van der Waals surface area contributed by atoms with Gasteiger partial charge in [0.2, 0.25) is 0 Å². The monoisotopic (exact) mass is 471 g/mol. The largest absolute Gasteiger partial charge is 0.480 e. The highest BCUT2D eigenvalue weighted by Crippen LogP contribution is 2.32. The van der Waals surface area contributed by atoms with Gasteiger partial charge < -0.3 is 15.7 Å². The predicted molar refractivity (Wildman–Crippen MR) is 140 cm³/mol. The Morgan fingerprint density at radius 1 is 0.886 bits per heavy atom. The highest BCUT2D eigenvalue weighted by atomic mass is 16.4. The van der Waals surface area contributed by atoms with Crippen LogP contribution in [0.1, 0.15) is 30.0 Å². The van der Waals surface area contributed by atoms with Crippen molar-refractivity contribution in [2.75, 3.05) is 44.2 Å². The van der Waals surface area contributed by atoms with Crippen molar-refractivity contribution in [1.29, 1.82) is 5.41 Å². The van der Waals surface area contributed by atoms with Crippen molar-refractivity contribution in [3.05, 3.63) is 77.9 Å². The molecule has 0 amide bonds. The Kier molecular flexibility index (Phi) is 6.70. The summed E-state index contributed by atoms with van der Waals surface area (Å²) in [6.45, 7) is 5.52. The molecule has 1 atom stereocenters. The molecule has 0 bridgehead atoms. The number of benzene rings is 3. The van der Waals surface area contributed by atoms with Crippen molar-refractivity contribution in [2.45, 2.75) is 24.9 Å². The lowest BCUT2D eigenvalue weighted by Gasteiger charge is -2.44. The van der Waals surface area contributed by atoms with Gasteiger partial charge in [0, 0.05) is 56.6 Å². The molecule has 0 saturated carbocycles. The van der Waals surface area contributed by atoms with Gasteiger partial charge >= 0.3 is 5.97 Å². The molecule has 0 aromatic heterocycles. The molecule has 2 fully saturated rings. The number of nitrogens with one attached hydrogen (secondary N) is 1. The number of hydrogen-bond acceptors (Lipinski definition) is 5. The zero-order valence-electron chi connectivity index (χ0n) is 19.9. The number of amidine groups is 1. The molecule has 5 rings (SSSR count). The second kappa shape index (κ2) is 10.1. The molecule has 3 aromatic rings. The molecule has 2 aliphatic rings. The molecule has 2 heterocycles. The van der Waals surface area contributed by atoms with Gasteiger partial charge in [0.1, 0.15) is 11.9 Å². The van der Waals surface area contributed by atoms with E-state index in [1.807, 2.05) is 66.7 Å². The average Bonchev–Trinajstić information content (AvgIpc) is 2.89. The topological polar surface area (TPSA) is 96.9 Å². The van der Waals surface area contributed by atoms with Crippen molar-refractivity contribution in [3.63, 3.8) is 0 Å². The second-order valence-corrected chi connectivity index (χ2v) is 9.56. The summed E-state index contributed by atoms with van der Waals surface area (Å²) in [5.41, 5.74) is 8.38. The first-order chi connectivity index (χ1) is 17.0. The minimum atomic E-state index is -0.774. The normalized spacial score (nSPS) is 19.0. The van der Waals surface area contributed by atoms with E-state index >= 15 is 0 Å². The van der Waals surface area contributed by atoms with Crippen LogP contribution in [-0.4, -0.2) is 72.0 Å². The van der Waals surface area contributed by atoms with Crippen molar-refractivity contribution in [3.8, 4) is 0 Å². The molecule has 182 valence electrons. The van der Waals surface area contributed by atoms with Crippen molar-refractivity contribution in [1.82, 2.24) is 9.80 Å². The Morgan fingerprint density at radius 2 is 1.54 bits per heavy atom. The number of hydrogen-bond donors (Lipinski definition) is 3. The third kappa shape index (κ3) is 4.88. The molecule has 2 aliphatic heterocycles. The highest BCUT2D eigenvalue weighted by Gasteiger charge is 2.34. The molecule has 1 unspecified atom stereocenters. The number of rotatable bonds is 6. The molecule has 0 radical (unpaired) electrons. The third-order valence-electron chi connectivity index (χ3n) is 7.59. The van der Waals surface area contributed by atoms with Gasteiger partial charge in [-0.3, -0.25) is 20.0 Å². The lowest BCUT2D eigenvalue weighted by Crippen LogP contribution is -2.54. The van der Waals surface area contributed by atoms with Crippen molar-refractivity contribution >= 4 is 28.3 Å². The van der Waals surface area contributed by atoms with E-state index in [1.54, 1.807) is 0 Å².